The van der Waals surface area contributed by atoms with Gasteiger partial charge in [0, 0.05) is 19.3 Å². The van der Waals surface area contributed by atoms with Crippen LogP contribution in [0, 0.1) is 0 Å². The largest absolute Gasteiger partial charge is 0.460 e. The van der Waals surface area contributed by atoms with Gasteiger partial charge < -0.3 is 35.3 Å². The zero-order valence-electron chi connectivity index (χ0n) is 28.6. The molecule has 0 bridgehead atoms. The number of ether oxygens (including phenoxy) is 4. The summed E-state index contributed by atoms with van der Waals surface area (Å²) in [6.45, 7) is 20.2. The fourth-order valence-electron chi connectivity index (χ4n) is 3.49. The highest BCUT2D eigenvalue weighted by atomic mass is 16.6. The van der Waals surface area contributed by atoms with Crippen molar-refractivity contribution in [3.05, 3.63) is 0 Å². The van der Waals surface area contributed by atoms with Gasteiger partial charge in [-0.1, -0.05) is 0 Å². The lowest BCUT2D eigenvalue weighted by molar-refractivity contribution is -0.161. The summed E-state index contributed by atoms with van der Waals surface area (Å²) in [5, 5.41) is 5.12. The third kappa shape index (κ3) is 20.6. The topological polar surface area (TPSA) is 189 Å². The molecule has 0 fully saturated rings. The summed E-state index contributed by atoms with van der Waals surface area (Å²) in [5.74, 6) is -3.88. The fourth-order valence-corrected chi connectivity index (χ4v) is 3.49. The molecule has 0 aromatic carbocycles. The van der Waals surface area contributed by atoms with Crippen LogP contribution >= 0.6 is 0 Å². The Morgan fingerprint density at radius 2 is 0.818 bits per heavy atom. The summed E-state index contributed by atoms with van der Waals surface area (Å²) in [7, 11) is 0. The molecule has 0 aliphatic carbocycles. The summed E-state index contributed by atoms with van der Waals surface area (Å²) in [4.78, 5) is 75.7. The Hall–Kier alpha value is -3.22. The molecular formula is C31H55N3O10. The Labute approximate surface area is 262 Å². The van der Waals surface area contributed by atoms with E-state index in [2.05, 4.69) is 10.6 Å². The minimum Gasteiger partial charge on any atom is -0.460 e. The van der Waals surface area contributed by atoms with E-state index >= 15 is 0 Å². The van der Waals surface area contributed by atoms with Gasteiger partial charge in [0.2, 0.25) is 11.8 Å². The van der Waals surface area contributed by atoms with Gasteiger partial charge in [0.05, 0.1) is 0 Å². The van der Waals surface area contributed by atoms with Crippen LogP contribution in [0.15, 0.2) is 0 Å². The van der Waals surface area contributed by atoms with Crippen LogP contribution in [0.2, 0.25) is 0 Å². The second-order valence-electron chi connectivity index (χ2n) is 14.6. The fraction of sp³-hybridized carbons (Fsp3) is 0.806. The minimum atomic E-state index is -1.20. The quantitative estimate of drug-likeness (QED) is 0.189. The number of hydrogen-bond acceptors (Lipinski definition) is 11. The molecule has 0 rings (SSSR count). The maximum absolute atomic E-state index is 12.9. The van der Waals surface area contributed by atoms with Gasteiger partial charge in [-0.15, -0.1) is 0 Å². The first-order valence-corrected chi connectivity index (χ1v) is 14.9. The number of esters is 4. The number of amides is 2. The second kappa shape index (κ2) is 16.7. The minimum absolute atomic E-state index is 0.0303. The molecule has 2 amide bonds. The van der Waals surface area contributed by atoms with Gasteiger partial charge >= 0.3 is 23.9 Å². The van der Waals surface area contributed by atoms with Gasteiger partial charge in [0.15, 0.2) is 0 Å². The predicted octanol–water partition coefficient (Wildman–Crippen LogP) is 2.99. The van der Waals surface area contributed by atoms with Crippen LogP contribution in [0.25, 0.3) is 0 Å². The van der Waals surface area contributed by atoms with Gasteiger partial charge in [-0.25, -0.2) is 9.59 Å². The molecule has 4 N–H and O–H groups in total. The average Bonchev–Trinajstić information content (AvgIpc) is 2.78. The Bertz CT molecular complexity index is 1010. The van der Waals surface area contributed by atoms with Crippen molar-refractivity contribution in [2.45, 2.75) is 162 Å². The maximum Gasteiger partial charge on any atom is 0.329 e. The SMILES string of the molecule is CC(C)(C)OC(=O)CC[C@H](NC(=O)CC[C@H](NC(=O)CC[C@H](N)C(=O)OC(C)(C)C)C(=O)OC(C)(C)C)C(=O)OC(C)(C)C. The molecule has 0 radical (unpaired) electrons. The summed E-state index contributed by atoms with van der Waals surface area (Å²) < 4.78 is 21.4. The highest BCUT2D eigenvalue weighted by molar-refractivity contribution is 5.87. The molecule has 0 aliphatic heterocycles. The molecule has 13 heteroatoms. The number of rotatable bonds is 14. The summed E-state index contributed by atoms with van der Waals surface area (Å²) >= 11 is 0. The van der Waals surface area contributed by atoms with Crippen LogP contribution in [-0.2, 0) is 47.7 Å². The molecule has 254 valence electrons. The van der Waals surface area contributed by atoms with Crippen LogP contribution in [0.3, 0.4) is 0 Å². The van der Waals surface area contributed by atoms with Crippen molar-refractivity contribution >= 4 is 35.7 Å². The Balaban J connectivity index is 5.49. The summed E-state index contributed by atoms with van der Waals surface area (Å²) in [6, 6.07) is -3.40. The average molecular weight is 630 g/mol. The van der Waals surface area contributed by atoms with E-state index in [1.807, 2.05) is 0 Å². The van der Waals surface area contributed by atoms with E-state index in [1.165, 1.54) is 0 Å². The van der Waals surface area contributed by atoms with Crippen molar-refractivity contribution in [3.8, 4) is 0 Å². The summed E-state index contributed by atoms with van der Waals surface area (Å²) in [6.07, 6.45) is -0.858. The van der Waals surface area contributed by atoms with Crippen molar-refractivity contribution in [1.29, 1.82) is 0 Å². The first kappa shape index (κ1) is 40.8. The Morgan fingerprint density at radius 3 is 1.18 bits per heavy atom. The third-order valence-corrected chi connectivity index (χ3v) is 5.16. The van der Waals surface area contributed by atoms with Gasteiger partial charge in [-0.2, -0.15) is 0 Å². The standard InChI is InChI=1S/C31H55N3O10/c1-28(2,3)41-24(37)18-15-21(27(40)44-31(10,11)12)34-23(36)17-14-20(26(39)43-30(7,8)9)33-22(35)16-13-19(32)25(38)42-29(4,5)6/h19-21H,13-18,32H2,1-12H3,(H,33,35)(H,34,36)/t19-,20-,21-/m0/s1. The van der Waals surface area contributed by atoms with E-state index in [0.717, 1.165) is 0 Å². The number of carbonyl (C=O) groups is 6. The predicted molar refractivity (Wildman–Crippen MR) is 163 cm³/mol. The molecular weight excluding hydrogens is 574 g/mol. The zero-order valence-corrected chi connectivity index (χ0v) is 28.6. The maximum atomic E-state index is 12.9. The molecule has 0 heterocycles. The smallest absolute Gasteiger partial charge is 0.329 e. The highest BCUT2D eigenvalue weighted by Gasteiger charge is 2.31. The van der Waals surface area contributed by atoms with Crippen LogP contribution in [0.1, 0.15) is 122 Å². The van der Waals surface area contributed by atoms with E-state index < -0.39 is 76.2 Å². The van der Waals surface area contributed by atoms with E-state index in [4.69, 9.17) is 24.7 Å². The summed E-state index contributed by atoms with van der Waals surface area (Å²) in [5.41, 5.74) is 2.69. The lowest BCUT2D eigenvalue weighted by Gasteiger charge is -2.26. The first-order chi connectivity index (χ1) is 19.7. The molecule has 0 spiro atoms. The molecule has 0 unspecified atom stereocenters. The number of hydrogen-bond donors (Lipinski definition) is 3. The van der Waals surface area contributed by atoms with E-state index in [0.29, 0.717) is 0 Å². The monoisotopic (exact) mass is 629 g/mol. The Kier molecular flexibility index (Phi) is 15.5. The Morgan fingerprint density at radius 1 is 0.500 bits per heavy atom. The van der Waals surface area contributed by atoms with Crippen molar-refractivity contribution in [1.82, 2.24) is 10.6 Å². The van der Waals surface area contributed by atoms with E-state index in [-0.39, 0.29) is 38.5 Å². The second-order valence-corrected chi connectivity index (χ2v) is 14.6. The molecule has 0 aromatic heterocycles. The molecule has 44 heavy (non-hydrogen) atoms. The van der Waals surface area contributed by atoms with Gasteiger partial charge in [-0.3, -0.25) is 19.2 Å². The van der Waals surface area contributed by atoms with Gasteiger partial charge in [0.25, 0.3) is 0 Å². The van der Waals surface area contributed by atoms with Gasteiger partial charge in [0.1, 0.15) is 40.5 Å². The van der Waals surface area contributed by atoms with Crippen LogP contribution in [0.5, 0.6) is 0 Å². The number of nitrogens with one attached hydrogen (secondary N) is 2. The van der Waals surface area contributed by atoms with Crippen LogP contribution in [0.4, 0.5) is 0 Å². The van der Waals surface area contributed by atoms with Gasteiger partial charge in [-0.05, 0) is 102 Å². The van der Waals surface area contributed by atoms with Crippen LogP contribution < -0.4 is 16.4 Å². The molecule has 13 nitrogen and oxygen atoms in total. The van der Waals surface area contributed by atoms with Crippen molar-refractivity contribution in [3.63, 3.8) is 0 Å². The van der Waals surface area contributed by atoms with Crippen molar-refractivity contribution in [2.24, 2.45) is 5.73 Å². The van der Waals surface area contributed by atoms with Crippen LogP contribution in [-0.4, -0.2) is 76.2 Å². The molecule has 3 atom stereocenters. The number of carbonyl (C=O) groups excluding carboxylic acids is 6. The normalized spacial score (nSPS) is 14.4. The molecule has 0 aliphatic rings. The third-order valence-electron chi connectivity index (χ3n) is 5.16. The lowest BCUT2D eigenvalue weighted by atomic mass is 10.1. The molecule has 0 saturated carbocycles. The van der Waals surface area contributed by atoms with E-state index in [1.54, 1.807) is 83.1 Å². The van der Waals surface area contributed by atoms with Crippen molar-refractivity contribution < 1.29 is 47.7 Å². The van der Waals surface area contributed by atoms with Crippen molar-refractivity contribution in [2.75, 3.05) is 0 Å². The van der Waals surface area contributed by atoms with E-state index in [9.17, 15) is 28.8 Å². The lowest BCUT2D eigenvalue weighted by Crippen LogP contribution is -2.47. The number of nitrogens with two attached hydrogens (primary N) is 1. The first-order valence-electron chi connectivity index (χ1n) is 14.9. The zero-order chi connectivity index (χ0) is 34.7. The molecule has 0 aromatic rings. The molecule has 0 saturated heterocycles. The highest BCUT2D eigenvalue weighted by Crippen LogP contribution is 2.16.